The maximum absolute atomic E-state index is 11.9. The first-order valence-corrected chi connectivity index (χ1v) is 6.28. The standard InChI is InChI=1S/C13H12ClNO3/c14-9-3-4-12-10(5-9)15(13(17)7-18-12)6-11(16)8-1-2-8/h3-5,8H,1-2,6-7H2. The third-order valence-electron chi connectivity index (χ3n) is 3.21. The largest absolute Gasteiger partial charge is 0.482 e. The molecule has 0 radical (unpaired) electrons. The first kappa shape index (κ1) is 11.5. The molecular formula is C13H12ClNO3. The summed E-state index contributed by atoms with van der Waals surface area (Å²) in [7, 11) is 0. The maximum Gasteiger partial charge on any atom is 0.265 e. The van der Waals surface area contributed by atoms with Gasteiger partial charge in [-0.1, -0.05) is 11.6 Å². The van der Waals surface area contributed by atoms with Gasteiger partial charge in [-0.25, -0.2) is 0 Å². The van der Waals surface area contributed by atoms with E-state index >= 15 is 0 Å². The summed E-state index contributed by atoms with van der Waals surface area (Å²) in [5.41, 5.74) is 0.591. The molecule has 1 aromatic rings. The third-order valence-corrected chi connectivity index (χ3v) is 3.45. The minimum atomic E-state index is -0.196. The summed E-state index contributed by atoms with van der Waals surface area (Å²) in [5.74, 6) is 0.667. The molecule has 1 amide bonds. The smallest absolute Gasteiger partial charge is 0.265 e. The van der Waals surface area contributed by atoms with Crippen LogP contribution in [0.2, 0.25) is 5.02 Å². The van der Waals surface area contributed by atoms with Crippen LogP contribution in [0.1, 0.15) is 12.8 Å². The van der Waals surface area contributed by atoms with Gasteiger partial charge in [0.25, 0.3) is 5.91 Å². The molecule has 1 aliphatic carbocycles. The van der Waals surface area contributed by atoms with Crippen molar-refractivity contribution >= 4 is 29.0 Å². The van der Waals surface area contributed by atoms with Crippen LogP contribution in [-0.4, -0.2) is 24.8 Å². The molecule has 0 bridgehead atoms. The van der Waals surface area contributed by atoms with Crippen molar-refractivity contribution in [3.8, 4) is 5.75 Å². The SMILES string of the molecule is O=C(CN1C(=O)COc2ccc(Cl)cc21)C1CC1. The minimum absolute atomic E-state index is 0.0213. The van der Waals surface area contributed by atoms with Crippen LogP contribution in [0, 0.1) is 5.92 Å². The summed E-state index contributed by atoms with van der Waals surface area (Å²) < 4.78 is 5.32. The number of rotatable bonds is 3. The van der Waals surface area contributed by atoms with Crippen LogP contribution in [0.5, 0.6) is 5.75 Å². The quantitative estimate of drug-likeness (QED) is 0.840. The average Bonchev–Trinajstić information content (AvgIpc) is 3.17. The second-order valence-corrected chi connectivity index (χ2v) is 5.06. The number of anilines is 1. The first-order chi connectivity index (χ1) is 8.65. The Balaban J connectivity index is 1.90. The van der Waals surface area contributed by atoms with Crippen LogP contribution < -0.4 is 9.64 Å². The Morgan fingerprint density at radius 3 is 2.94 bits per heavy atom. The van der Waals surface area contributed by atoms with Crippen molar-refractivity contribution in [1.29, 1.82) is 0 Å². The molecule has 4 nitrogen and oxygen atoms in total. The number of carbonyl (C=O) groups excluding carboxylic acids is 2. The van der Waals surface area contributed by atoms with Gasteiger partial charge in [0.05, 0.1) is 12.2 Å². The number of amides is 1. The fourth-order valence-corrected chi connectivity index (χ4v) is 2.21. The number of ether oxygens (including phenoxy) is 1. The normalized spacial score (nSPS) is 18.3. The number of hydrogen-bond donors (Lipinski definition) is 0. The summed E-state index contributed by atoms with van der Waals surface area (Å²) in [6.07, 6.45) is 1.89. The molecule has 0 atom stereocenters. The molecule has 0 aromatic heterocycles. The van der Waals surface area contributed by atoms with Crippen LogP contribution in [0.3, 0.4) is 0 Å². The van der Waals surface area contributed by atoms with Gasteiger partial charge in [0.2, 0.25) is 0 Å². The van der Waals surface area contributed by atoms with Crippen LogP contribution >= 0.6 is 11.6 Å². The van der Waals surface area contributed by atoms with E-state index in [9.17, 15) is 9.59 Å². The van der Waals surface area contributed by atoms with Crippen LogP contribution in [0.25, 0.3) is 0 Å². The predicted octanol–water partition coefficient (Wildman–Crippen LogP) is 2.04. The average molecular weight is 266 g/mol. The molecule has 1 heterocycles. The molecule has 94 valence electrons. The van der Waals surface area contributed by atoms with Crippen molar-refractivity contribution in [3.63, 3.8) is 0 Å². The van der Waals surface area contributed by atoms with Crippen LogP contribution in [-0.2, 0) is 9.59 Å². The molecule has 0 N–H and O–H groups in total. The lowest BCUT2D eigenvalue weighted by molar-refractivity contribution is -0.125. The molecule has 0 saturated heterocycles. The first-order valence-electron chi connectivity index (χ1n) is 5.90. The molecule has 1 aromatic carbocycles. The topological polar surface area (TPSA) is 46.6 Å². The van der Waals surface area contributed by atoms with E-state index in [1.807, 2.05) is 0 Å². The highest BCUT2D eigenvalue weighted by Crippen LogP contribution is 2.36. The van der Waals surface area contributed by atoms with E-state index in [0.29, 0.717) is 16.5 Å². The molecule has 1 aliphatic heterocycles. The highest BCUT2D eigenvalue weighted by Gasteiger charge is 2.34. The summed E-state index contributed by atoms with van der Waals surface area (Å²) in [6, 6.07) is 5.09. The molecule has 0 unspecified atom stereocenters. The Labute approximate surface area is 109 Å². The summed E-state index contributed by atoms with van der Waals surface area (Å²) in [4.78, 5) is 25.2. The molecule has 3 rings (SSSR count). The van der Waals surface area contributed by atoms with E-state index in [1.54, 1.807) is 18.2 Å². The summed E-state index contributed by atoms with van der Waals surface area (Å²) in [6.45, 7) is 0.104. The zero-order chi connectivity index (χ0) is 12.7. The van der Waals surface area contributed by atoms with Gasteiger partial charge >= 0.3 is 0 Å². The number of hydrogen-bond acceptors (Lipinski definition) is 3. The van der Waals surface area contributed by atoms with Gasteiger partial charge < -0.3 is 4.74 Å². The number of benzene rings is 1. The number of carbonyl (C=O) groups is 2. The molecule has 1 fully saturated rings. The molecular weight excluding hydrogens is 254 g/mol. The number of fused-ring (bicyclic) bond motifs is 1. The number of Topliss-reactive ketones (excluding diaryl/α,β-unsaturated/α-hetero) is 1. The Morgan fingerprint density at radius 2 is 2.22 bits per heavy atom. The third kappa shape index (κ3) is 2.08. The number of nitrogens with zero attached hydrogens (tertiary/aromatic N) is 1. The van der Waals surface area contributed by atoms with E-state index in [2.05, 4.69) is 0 Å². The highest BCUT2D eigenvalue weighted by atomic mass is 35.5. The maximum atomic E-state index is 11.9. The zero-order valence-electron chi connectivity index (χ0n) is 9.69. The Hall–Kier alpha value is -1.55. The van der Waals surface area contributed by atoms with Gasteiger partial charge in [-0.15, -0.1) is 0 Å². The molecule has 1 saturated carbocycles. The zero-order valence-corrected chi connectivity index (χ0v) is 10.4. The lowest BCUT2D eigenvalue weighted by Crippen LogP contribution is -2.42. The lowest BCUT2D eigenvalue weighted by Gasteiger charge is -2.29. The lowest BCUT2D eigenvalue weighted by atomic mass is 10.2. The van der Waals surface area contributed by atoms with Gasteiger partial charge in [0, 0.05) is 10.9 Å². The van der Waals surface area contributed by atoms with Gasteiger partial charge in [-0.2, -0.15) is 0 Å². The molecule has 2 aliphatic rings. The molecule has 18 heavy (non-hydrogen) atoms. The van der Waals surface area contributed by atoms with Crippen molar-refractivity contribution in [3.05, 3.63) is 23.2 Å². The number of halogens is 1. The van der Waals surface area contributed by atoms with Crippen LogP contribution in [0.15, 0.2) is 18.2 Å². The van der Waals surface area contributed by atoms with Crippen molar-refractivity contribution in [1.82, 2.24) is 0 Å². The van der Waals surface area contributed by atoms with Crippen molar-refractivity contribution in [2.24, 2.45) is 5.92 Å². The molecule has 5 heteroatoms. The van der Waals surface area contributed by atoms with E-state index < -0.39 is 0 Å². The van der Waals surface area contributed by atoms with E-state index in [1.165, 1.54) is 4.90 Å². The number of ketones is 1. The van der Waals surface area contributed by atoms with Gasteiger partial charge in [0.1, 0.15) is 5.75 Å². The van der Waals surface area contributed by atoms with E-state index in [4.69, 9.17) is 16.3 Å². The van der Waals surface area contributed by atoms with Crippen molar-refractivity contribution in [2.45, 2.75) is 12.8 Å². The second-order valence-electron chi connectivity index (χ2n) is 4.62. The van der Waals surface area contributed by atoms with Gasteiger partial charge in [0.15, 0.2) is 12.4 Å². The highest BCUT2D eigenvalue weighted by molar-refractivity contribution is 6.31. The Bertz CT molecular complexity index is 525. The second kappa shape index (κ2) is 4.28. The van der Waals surface area contributed by atoms with Crippen molar-refractivity contribution in [2.75, 3.05) is 18.1 Å². The van der Waals surface area contributed by atoms with Gasteiger partial charge in [-0.3, -0.25) is 14.5 Å². The Kier molecular flexibility index (Phi) is 2.74. The monoisotopic (exact) mass is 265 g/mol. The van der Waals surface area contributed by atoms with Crippen molar-refractivity contribution < 1.29 is 14.3 Å². The fourth-order valence-electron chi connectivity index (χ4n) is 2.04. The van der Waals surface area contributed by atoms with E-state index in [-0.39, 0.29) is 30.8 Å². The predicted molar refractivity (Wildman–Crippen MR) is 67.0 cm³/mol. The molecule has 0 spiro atoms. The minimum Gasteiger partial charge on any atom is -0.482 e. The van der Waals surface area contributed by atoms with Gasteiger partial charge in [-0.05, 0) is 31.0 Å². The summed E-state index contributed by atoms with van der Waals surface area (Å²) in [5, 5.41) is 0.524. The van der Waals surface area contributed by atoms with Crippen LogP contribution in [0.4, 0.5) is 5.69 Å². The Morgan fingerprint density at radius 1 is 1.44 bits per heavy atom. The van der Waals surface area contributed by atoms with E-state index in [0.717, 1.165) is 12.8 Å². The fraction of sp³-hybridized carbons (Fsp3) is 0.385. The summed E-state index contributed by atoms with van der Waals surface area (Å²) >= 11 is 5.92.